The number of nitrogens with one attached hydrogen (secondary N) is 2. The van der Waals surface area contributed by atoms with Crippen LogP contribution in [-0.4, -0.2) is 54.8 Å². The van der Waals surface area contributed by atoms with Gasteiger partial charge in [-0.2, -0.15) is 0 Å². The molecular formula is C25H31N5O3S. The van der Waals surface area contributed by atoms with Crippen molar-refractivity contribution in [3.05, 3.63) is 47.8 Å². The Balaban J connectivity index is 1.46. The standard InChI is InChI=1S/C25H31N5O3S/c1-16-7-5-8-17(2)23(16)28-25(31)29-34-24-19-11-21(32-4)22(12-20(19)26-15-27-24)33-14-18-9-6-10-30(3)13-18/h5,7-8,11-12,15,18H,6,9-10,13-14H2,1-4H3,(H2,28,29,31). The average molecular weight is 482 g/mol. The maximum atomic E-state index is 12.5. The number of benzene rings is 2. The molecule has 3 aromatic rings. The van der Waals surface area contributed by atoms with Crippen molar-refractivity contribution in [1.82, 2.24) is 19.6 Å². The van der Waals surface area contributed by atoms with E-state index in [1.54, 1.807) is 7.11 Å². The van der Waals surface area contributed by atoms with E-state index >= 15 is 0 Å². The lowest BCUT2D eigenvalue weighted by atomic mass is 9.99. The SMILES string of the molecule is COc1cc2c(SNC(=O)Nc3c(C)cccc3C)ncnc2cc1OCC1CCCN(C)C1. The van der Waals surface area contributed by atoms with E-state index in [0.717, 1.165) is 52.8 Å². The average Bonchev–Trinajstić information content (AvgIpc) is 2.83. The summed E-state index contributed by atoms with van der Waals surface area (Å²) in [6.07, 6.45) is 3.85. The Hall–Kier alpha value is -3.04. The van der Waals surface area contributed by atoms with Crippen molar-refractivity contribution in [3.63, 3.8) is 0 Å². The Labute approximate surface area is 204 Å². The first-order valence-electron chi connectivity index (χ1n) is 11.4. The fraction of sp³-hybridized carbons (Fsp3) is 0.400. The molecule has 0 aliphatic carbocycles. The van der Waals surface area contributed by atoms with Gasteiger partial charge in [0.1, 0.15) is 11.4 Å². The van der Waals surface area contributed by atoms with Gasteiger partial charge < -0.3 is 19.7 Å². The van der Waals surface area contributed by atoms with Crippen LogP contribution in [0.3, 0.4) is 0 Å². The molecule has 1 aliphatic rings. The van der Waals surface area contributed by atoms with Crippen LogP contribution in [0.5, 0.6) is 11.5 Å². The number of ether oxygens (including phenoxy) is 2. The molecule has 1 aromatic heterocycles. The van der Waals surface area contributed by atoms with Gasteiger partial charge in [0.05, 0.1) is 19.2 Å². The molecule has 1 unspecified atom stereocenters. The third-order valence-electron chi connectivity index (χ3n) is 6.04. The molecule has 1 saturated heterocycles. The minimum Gasteiger partial charge on any atom is -0.493 e. The summed E-state index contributed by atoms with van der Waals surface area (Å²) in [5, 5.41) is 4.32. The van der Waals surface area contributed by atoms with Crippen LogP contribution in [0, 0.1) is 19.8 Å². The van der Waals surface area contributed by atoms with Gasteiger partial charge in [0.25, 0.3) is 0 Å². The molecule has 9 heteroatoms. The fourth-order valence-corrected chi connectivity index (χ4v) is 4.87. The fourth-order valence-electron chi connectivity index (χ4n) is 4.26. The van der Waals surface area contributed by atoms with E-state index in [-0.39, 0.29) is 6.03 Å². The van der Waals surface area contributed by atoms with E-state index in [9.17, 15) is 4.79 Å². The predicted molar refractivity (Wildman–Crippen MR) is 136 cm³/mol. The number of carbonyl (C=O) groups excluding carboxylic acids is 1. The number of aryl methyl sites for hydroxylation is 2. The molecular weight excluding hydrogens is 450 g/mol. The first-order valence-corrected chi connectivity index (χ1v) is 12.2. The highest BCUT2D eigenvalue weighted by molar-refractivity contribution is 7.98. The number of hydrogen-bond donors (Lipinski definition) is 2. The molecule has 0 saturated carbocycles. The number of methoxy groups -OCH3 is 1. The summed E-state index contributed by atoms with van der Waals surface area (Å²) in [6, 6.07) is 9.32. The van der Waals surface area contributed by atoms with Crippen LogP contribution in [0.25, 0.3) is 10.9 Å². The van der Waals surface area contributed by atoms with Crippen LogP contribution in [0.15, 0.2) is 41.7 Å². The molecule has 4 rings (SSSR count). The van der Waals surface area contributed by atoms with E-state index in [1.165, 1.54) is 19.2 Å². The quantitative estimate of drug-likeness (QED) is 0.370. The molecule has 2 heterocycles. The number of rotatable bonds is 7. The van der Waals surface area contributed by atoms with Crippen LogP contribution in [0.1, 0.15) is 24.0 Å². The van der Waals surface area contributed by atoms with E-state index in [1.807, 2.05) is 44.2 Å². The summed E-state index contributed by atoms with van der Waals surface area (Å²) in [5.74, 6) is 1.78. The number of likely N-dealkylation sites (tertiary alicyclic amines) is 1. The lowest BCUT2D eigenvalue weighted by Gasteiger charge is -2.29. The summed E-state index contributed by atoms with van der Waals surface area (Å²) in [5.41, 5.74) is 3.54. The summed E-state index contributed by atoms with van der Waals surface area (Å²) in [6.45, 7) is 6.75. The number of urea groups is 1. The lowest BCUT2D eigenvalue weighted by molar-refractivity contribution is 0.148. The summed E-state index contributed by atoms with van der Waals surface area (Å²) in [7, 11) is 3.77. The van der Waals surface area contributed by atoms with Crippen LogP contribution in [0.2, 0.25) is 0 Å². The number of nitrogens with zero attached hydrogens (tertiary/aromatic N) is 3. The third kappa shape index (κ3) is 5.71. The van der Waals surface area contributed by atoms with Crippen LogP contribution in [-0.2, 0) is 0 Å². The maximum absolute atomic E-state index is 12.5. The Bertz CT molecular complexity index is 1150. The molecule has 2 amide bonds. The van der Waals surface area contributed by atoms with E-state index in [4.69, 9.17) is 9.47 Å². The highest BCUT2D eigenvalue weighted by Gasteiger charge is 2.19. The number of amides is 2. The van der Waals surface area contributed by atoms with Crippen molar-refractivity contribution < 1.29 is 14.3 Å². The largest absolute Gasteiger partial charge is 0.493 e. The molecule has 1 atom stereocenters. The summed E-state index contributed by atoms with van der Waals surface area (Å²) in [4.78, 5) is 23.6. The number of fused-ring (bicyclic) bond motifs is 1. The monoisotopic (exact) mass is 481 g/mol. The first kappa shape index (κ1) is 24.1. The smallest absolute Gasteiger partial charge is 0.329 e. The number of piperidine rings is 1. The van der Waals surface area contributed by atoms with Gasteiger partial charge in [-0.15, -0.1) is 0 Å². The Morgan fingerprint density at radius 3 is 2.74 bits per heavy atom. The first-order chi connectivity index (χ1) is 16.4. The van der Waals surface area contributed by atoms with Crippen molar-refractivity contribution in [2.45, 2.75) is 31.7 Å². The van der Waals surface area contributed by atoms with Crippen molar-refractivity contribution in [2.24, 2.45) is 5.92 Å². The second-order valence-corrected chi connectivity index (χ2v) is 9.50. The van der Waals surface area contributed by atoms with Crippen molar-refractivity contribution in [1.29, 1.82) is 0 Å². The molecule has 180 valence electrons. The Morgan fingerprint density at radius 2 is 2.00 bits per heavy atom. The molecule has 0 bridgehead atoms. The van der Waals surface area contributed by atoms with Gasteiger partial charge >= 0.3 is 6.03 Å². The minimum atomic E-state index is -0.321. The van der Waals surface area contributed by atoms with E-state index < -0.39 is 0 Å². The van der Waals surface area contributed by atoms with Gasteiger partial charge in [-0.25, -0.2) is 14.8 Å². The molecule has 2 N–H and O–H groups in total. The van der Waals surface area contributed by atoms with Gasteiger partial charge in [0.15, 0.2) is 11.5 Å². The molecule has 1 aliphatic heterocycles. The zero-order valence-corrected chi connectivity index (χ0v) is 20.9. The summed E-state index contributed by atoms with van der Waals surface area (Å²) >= 11 is 1.14. The highest BCUT2D eigenvalue weighted by atomic mass is 32.2. The molecule has 2 aromatic carbocycles. The van der Waals surface area contributed by atoms with Gasteiger partial charge in [0.2, 0.25) is 0 Å². The molecule has 0 radical (unpaired) electrons. The minimum absolute atomic E-state index is 0.321. The number of carbonyl (C=O) groups is 1. The predicted octanol–water partition coefficient (Wildman–Crippen LogP) is 4.80. The van der Waals surface area contributed by atoms with E-state index in [2.05, 4.69) is 32.0 Å². The van der Waals surface area contributed by atoms with Gasteiger partial charge in [0, 0.05) is 41.6 Å². The Morgan fingerprint density at radius 1 is 1.21 bits per heavy atom. The van der Waals surface area contributed by atoms with Crippen molar-refractivity contribution in [3.8, 4) is 11.5 Å². The van der Waals surface area contributed by atoms with Crippen LogP contribution >= 0.6 is 11.9 Å². The molecule has 1 fully saturated rings. The second kappa shape index (κ2) is 10.9. The summed E-state index contributed by atoms with van der Waals surface area (Å²) < 4.78 is 14.6. The zero-order valence-electron chi connectivity index (χ0n) is 20.1. The third-order valence-corrected chi connectivity index (χ3v) is 6.85. The maximum Gasteiger partial charge on any atom is 0.329 e. The van der Waals surface area contributed by atoms with Crippen LogP contribution < -0.4 is 19.5 Å². The highest BCUT2D eigenvalue weighted by Crippen LogP contribution is 2.35. The van der Waals surface area contributed by atoms with Crippen molar-refractivity contribution >= 4 is 34.6 Å². The van der Waals surface area contributed by atoms with E-state index in [0.29, 0.717) is 29.0 Å². The topological polar surface area (TPSA) is 88.6 Å². The zero-order chi connectivity index (χ0) is 24.1. The van der Waals surface area contributed by atoms with Gasteiger partial charge in [-0.05, 0) is 57.5 Å². The van der Waals surface area contributed by atoms with Crippen LogP contribution in [0.4, 0.5) is 10.5 Å². The number of anilines is 1. The number of aromatic nitrogens is 2. The van der Waals surface area contributed by atoms with Crippen molar-refractivity contribution in [2.75, 3.05) is 39.2 Å². The molecule has 34 heavy (non-hydrogen) atoms. The van der Waals surface area contributed by atoms with Gasteiger partial charge in [-0.1, -0.05) is 18.2 Å². The second-order valence-electron chi connectivity index (χ2n) is 8.71. The number of para-hydroxylation sites is 1. The Kier molecular flexibility index (Phi) is 7.74. The number of hydrogen-bond acceptors (Lipinski definition) is 7. The lowest BCUT2D eigenvalue weighted by Crippen LogP contribution is -2.34. The van der Waals surface area contributed by atoms with Gasteiger partial charge in [-0.3, -0.25) is 4.72 Å². The molecule has 0 spiro atoms. The normalized spacial score (nSPS) is 16.3. The molecule has 8 nitrogen and oxygen atoms in total.